The van der Waals surface area contributed by atoms with Gasteiger partial charge in [-0.05, 0) is 20.8 Å². The number of methoxy groups -OCH3 is 1. The molecule has 0 aromatic rings. The van der Waals surface area contributed by atoms with E-state index in [-0.39, 0.29) is 5.54 Å². The maximum absolute atomic E-state index is 10.4. The smallest absolute Gasteiger partial charge is 0.450 e. The lowest BCUT2D eigenvalue weighted by molar-refractivity contribution is 0.179. The second-order valence-corrected chi connectivity index (χ2v) is 2.84. The summed E-state index contributed by atoms with van der Waals surface area (Å²) in [5, 5.41) is 6.96. The fourth-order valence-corrected chi connectivity index (χ4v) is 0.232. The summed E-state index contributed by atoms with van der Waals surface area (Å²) in [5.74, 6) is 0. The third-order valence-electron chi connectivity index (χ3n) is 0.606. The van der Waals surface area contributed by atoms with Crippen LogP contribution in [0.5, 0.6) is 0 Å². The van der Waals surface area contributed by atoms with Gasteiger partial charge in [0.15, 0.2) is 0 Å². The molecule has 4 heteroatoms. The van der Waals surface area contributed by atoms with Crippen molar-refractivity contribution in [3.8, 4) is 0 Å². The summed E-state index contributed by atoms with van der Waals surface area (Å²) in [4.78, 5) is 10.4. The van der Waals surface area contributed by atoms with E-state index in [2.05, 4.69) is 15.0 Å². The summed E-state index contributed by atoms with van der Waals surface area (Å²) in [6, 6.07) is 0. The molecule has 0 aromatic carbocycles. The second-order valence-electron chi connectivity index (χ2n) is 2.84. The van der Waals surface area contributed by atoms with Crippen LogP contribution in [0, 0.1) is 0 Å². The Morgan fingerprint density at radius 1 is 1.40 bits per heavy atom. The Balaban J connectivity index is 3.88. The Morgan fingerprint density at radius 3 is 2.20 bits per heavy atom. The van der Waals surface area contributed by atoms with Gasteiger partial charge in [-0.15, -0.1) is 0 Å². The first kappa shape index (κ1) is 9.07. The van der Waals surface area contributed by atoms with Crippen molar-refractivity contribution >= 4 is 6.09 Å². The van der Waals surface area contributed by atoms with Crippen LogP contribution in [0.4, 0.5) is 4.79 Å². The summed E-state index contributed by atoms with van der Waals surface area (Å²) >= 11 is 0. The SMILES string of the molecule is COC(=O)/N=N/C(C)(C)C. The van der Waals surface area contributed by atoms with E-state index in [0.29, 0.717) is 0 Å². The van der Waals surface area contributed by atoms with Crippen LogP contribution in [0.15, 0.2) is 10.2 Å². The maximum atomic E-state index is 10.4. The molecule has 10 heavy (non-hydrogen) atoms. The minimum atomic E-state index is -0.657. The van der Waals surface area contributed by atoms with Gasteiger partial charge in [-0.25, -0.2) is 4.79 Å². The molecule has 58 valence electrons. The minimum absolute atomic E-state index is 0.311. The Morgan fingerprint density at radius 2 is 1.90 bits per heavy atom. The predicted octanol–water partition coefficient (Wildman–Crippen LogP) is 2.00. The number of carbonyl (C=O) groups excluding carboxylic acids is 1. The van der Waals surface area contributed by atoms with Crippen molar-refractivity contribution < 1.29 is 9.53 Å². The molecule has 0 saturated heterocycles. The molecule has 0 atom stereocenters. The average molecular weight is 144 g/mol. The molecule has 0 saturated carbocycles. The molecule has 0 spiro atoms. The zero-order valence-electron chi connectivity index (χ0n) is 6.71. The average Bonchev–Trinajstić information content (AvgIpc) is 1.81. The van der Waals surface area contributed by atoms with Crippen LogP contribution >= 0.6 is 0 Å². The molecular formula is C6H12N2O2. The Labute approximate surface area is 60.3 Å². The monoisotopic (exact) mass is 144 g/mol. The van der Waals surface area contributed by atoms with Crippen LogP contribution in [-0.4, -0.2) is 18.7 Å². The van der Waals surface area contributed by atoms with E-state index in [1.54, 1.807) is 0 Å². The maximum Gasteiger partial charge on any atom is 0.451 e. The van der Waals surface area contributed by atoms with E-state index in [1.807, 2.05) is 20.8 Å². The van der Waals surface area contributed by atoms with Gasteiger partial charge in [0.2, 0.25) is 0 Å². The van der Waals surface area contributed by atoms with Crippen LogP contribution in [0.3, 0.4) is 0 Å². The molecule has 0 aliphatic rings. The van der Waals surface area contributed by atoms with E-state index in [9.17, 15) is 4.79 Å². The molecule has 0 fully saturated rings. The van der Waals surface area contributed by atoms with Gasteiger partial charge in [0.1, 0.15) is 0 Å². The lowest BCUT2D eigenvalue weighted by Gasteiger charge is -2.07. The number of hydrogen-bond acceptors (Lipinski definition) is 3. The molecule has 0 aromatic heterocycles. The lowest BCUT2D eigenvalue weighted by atomic mass is 10.1. The molecule has 0 aliphatic carbocycles. The highest BCUT2D eigenvalue weighted by molar-refractivity contribution is 5.67. The van der Waals surface area contributed by atoms with E-state index < -0.39 is 6.09 Å². The van der Waals surface area contributed by atoms with Crippen LogP contribution in [0.1, 0.15) is 20.8 Å². The Kier molecular flexibility index (Phi) is 2.99. The lowest BCUT2D eigenvalue weighted by Crippen LogP contribution is -2.09. The predicted molar refractivity (Wildman–Crippen MR) is 37.0 cm³/mol. The van der Waals surface area contributed by atoms with Crippen molar-refractivity contribution in [2.75, 3.05) is 7.11 Å². The van der Waals surface area contributed by atoms with Gasteiger partial charge in [-0.2, -0.15) is 5.11 Å². The fraction of sp³-hybridized carbons (Fsp3) is 0.833. The number of azo groups is 1. The van der Waals surface area contributed by atoms with Crippen LogP contribution < -0.4 is 0 Å². The molecule has 0 heterocycles. The van der Waals surface area contributed by atoms with Crippen molar-refractivity contribution in [2.45, 2.75) is 26.3 Å². The number of nitrogens with zero attached hydrogens (tertiary/aromatic N) is 2. The van der Waals surface area contributed by atoms with Crippen molar-refractivity contribution in [1.29, 1.82) is 0 Å². The Bertz CT molecular complexity index is 146. The first-order valence-electron chi connectivity index (χ1n) is 2.96. The molecule has 0 bridgehead atoms. The van der Waals surface area contributed by atoms with Crippen LogP contribution in [0.25, 0.3) is 0 Å². The summed E-state index contributed by atoms with van der Waals surface area (Å²) < 4.78 is 4.25. The van der Waals surface area contributed by atoms with E-state index in [0.717, 1.165) is 0 Å². The zero-order valence-corrected chi connectivity index (χ0v) is 6.71. The van der Waals surface area contributed by atoms with E-state index in [1.165, 1.54) is 7.11 Å². The first-order valence-corrected chi connectivity index (χ1v) is 2.96. The van der Waals surface area contributed by atoms with Crippen molar-refractivity contribution in [3.05, 3.63) is 0 Å². The summed E-state index contributed by atoms with van der Waals surface area (Å²) in [6.07, 6.45) is -0.657. The molecule has 0 aliphatic heterocycles. The number of ether oxygens (including phenoxy) is 1. The Hall–Kier alpha value is -0.930. The molecular weight excluding hydrogens is 132 g/mol. The molecule has 0 unspecified atom stereocenters. The van der Waals surface area contributed by atoms with Gasteiger partial charge < -0.3 is 4.74 Å². The highest BCUT2D eigenvalue weighted by Crippen LogP contribution is 2.06. The van der Waals surface area contributed by atoms with Gasteiger partial charge in [-0.3, -0.25) is 0 Å². The second kappa shape index (κ2) is 3.29. The summed E-state index contributed by atoms with van der Waals surface area (Å²) in [5.41, 5.74) is -0.311. The van der Waals surface area contributed by atoms with Crippen molar-refractivity contribution in [2.24, 2.45) is 10.2 Å². The minimum Gasteiger partial charge on any atom is -0.450 e. The third-order valence-corrected chi connectivity index (χ3v) is 0.606. The van der Waals surface area contributed by atoms with Gasteiger partial charge in [0.25, 0.3) is 0 Å². The molecule has 1 amide bonds. The quantitative estimate of drug-likeness (QED) is 0.488. The largest absolute Gasteiger partial charge is 0.451 e. The van der Waals surface area contributed by atoms with Crippen molar-refractivity contribution in [1.82, 2.24) is 0 Å². The highest BCUT2D eigenvalue weighted by Gasteiger charge is 2.07. The van der Waals surface area contributed by atoms with Gasteiger partial charge in [0, 0.05) is 0 Å². The summed E-state index contributed by atoms with van der Waals surface area (Å²) in [6.45, 7) is 5.54. The number of rotatable bonds is 0. The van der Waals surface area contributed by atoms with E-state index in [4.69, 9.17) is 0 Å². The number of amides is 1. The van der Waals surface area contributed by atoms with Crippen LogP contribution in [0.2, 0.25) is 0 Å². The topological polar surface area (TPSA) is 51.0 Å². The fourth-order valence-electron chi connectivity index (χ4n) is 0.232. The summed E-state index contributed by atoms with van der Waals surface area (Å²) in [7, 11) is 1.27. The van der Waals surface area contributed by atoms with Crippen molar-refractivity contribution in [3.63, 3.8) is 0 Å². The van der Waals surface area contributed by atoms with Gasteiger partial charge in [-0.1, -0.05) is 5.11 Å². The molecule has 4 nitrogen and oxygen atoms in total. The number of hydrogen-bond donors (Lipinski definition) is 0. The molecule has 0 rings (SSSR count). The normalized spacial score (nSPS) is 12.0. The third kappa shape index (κ3) is 5.21. The van der Waals surface area contributed by atoms with Gasteiger partial charge in [0.05, 0.1) is 12.6 Å². The number of carbonyl (C=O) groups is 1. The zero-order chi connectivity index (χ0) is 8.20. The molecule has 0 N–H and O–H groups in total. The first-order chi connectivity index (χ1) is 4.45. The van der Waals surface area contributed by atoms with E-state index >= 15 is 0 Å². The van der Waals surface area contributed by atoms with Crippen LogP contribution in [-0.2, 0) is 4.74 Å². The molecule has 0 radical (unpaired) electrons. The standard InChI is InChI=1S/C6H12N2O2/c1-6(2,3)8-7-5(9)10-4/h1-4H3/b8-7+. The van der Waals surface area contributed by atoms with Gasteiger partial charge >= 0.3 is 6.09 Å². The highest BCUT2D eigenvalue weighted by atomic mass is 16.5.